The van der Waals surface area contributed by atoms with E-state index in [0.717, 1.165) is 23.6 Å². The second kappa shape index (κ2) is 7.66. The maximum atomic E-state index is 13.7. The predicted molar refractivity (Wildman–Crippen MR) is 83.2 cm³/mol. The van der Waals surface area contributed by atoms with Gasteiger partial charge in [0, 0.05) is 31.1 Å². The van der Waals surface area contributed by atoms with Gasteiger partial charge in [-0.2, -0.15) is 11.8 Å². The Hall–Kier alpha value is -1.27. The Morgan fingerprint density at radius 2 is 2.38 bits per heavy atom. The first kappa shape index (κ1) is 16.1. The molecule has 0 radical (unpaired) electrons. The lowest BCUT2D eigenvalue weighted by Gasteiger charge is -2.29. The van der Waals surface area contributed by atoms with Gasteiger partial charge in [-0.25, -0.2) is 4.39 Å². The first-order chi connectivity index (χ1) is 10.2. The van der Waals surface area contributed by atoms with Crippen molar-refractivity contribution < 1.29 is 13.9 Å². The highest BCUT2D eigenvalue weighted by Gasteiger charge is 2.25. The fourth-order valence-electron chi connectivity index (χ4n) is 2.32. The third kappa shape index (κ3) is 4.11. The minimum Gasteiger partial charge on any atom is -0.494 e. The van der Waals surface area contributed by atoms with E-state index in [1.165, 1.54) is 13.2 Å². The van der Waals surface area contributed by atoms with E-state index in [1.807, 2.05) is 6.92 Å². The van der Waals surface area contributed by atoms with Crippen LogP contribution in [0, 0.1) is 5.82 Å². The van der Waals surface area contributed by atoms with E-state index < -0.39 is 5.82 Å². The summed E-state index contributed by atoms with van der Waals surface area (Å²) in [6, 6.07) is 4.68. The molecule has 116 valence electrons. The minimum atomic E-state index is -0.398. The summed E-state index contributed by atoms with van der Waals surface area (Å²) in [5.74, 6) is 1.75. The topological polar surface area (TPSA) is 41.6 Å². The molecule has 1 fully saturated rings. The number of hydrogen-bond acceptors (Lipinski definition) is 4. The zero-order valence-corrected chi connectivity index (χ0v) is 13.2. The molecule has 1 aliphatic rings. The maximum Gasteiger partial charge on any atom is 0.240 e. The molecule has 0 aromatic heterocycles. The zero-order chi connectivity index (χ0) is 15.2. The Morgan fingerprint density at radius 1 is 1.57 bits per heavy atom. The van der Waals surface area contributed by atoms with Crippen molar-refractivity contribution in [2.45, 2.75) is 19.5 Å². The van der Waals surface area contributed by atoms with Crippen LogP contribution in [0.2, 0.25) is 0 Å². The summed E-state index contributed by atoms with van der Waals surface area (Å²) in [4.78, 5) is 14.2. The SMILES string of the molecule is CCN(Cc1ccc(OC)c(F)c1)C(=O)C1CSCCN1. The van der Waals surface area contributed by atoms with E-state index in [2.05, 4.69) is 5.32 Å². The third-order valence-corrected chi connectivity index (χ3v) is 4.56. The Balaban J connectivity index is 2.04. The molecule has 1 aromatic rings. The third-order valence-electron chi connectivity index (χ3n) is 3.50. The Kier molecular flexibility index (Phi) is 5.87. The number of likely N-dealkylation sites (N-methyl/N-ethyl adjacent to an activating group) is 1. The van der Waals surface area contributed by atoms with Gasteiger partial charge in [0.2, 0.25) is 5.91 Å². The number of amides is 1. The molecule has 0 bridgehead atoms. The average molecular weight is 312 g/mol. The van der Waals surface area contributed by atoms with Gasteiger partial charge in [-0.1, -0.05) is 6.07 Å². The molecule has 1 aromatic carbocycles. The van der Waals surface area contributed by atoms with E-state index in [9.17, 15) is 9.18 Å². The van der Waals surface area contributed by atoms with Crippen molar-refractivity contribution >= 4 is 17.7 Å². The predicted octanol–water partition coefficient (Wildman–Crippen LogP) is 1.89. The number of halogens is 1. The average Bonchev–Trinajstić information content (AvgIpc) is 2.53. The van der Waals surface area contributed by atoms with Crippen LogP contribution in [0.4, 0.5) is 4.39 Å². The van der Waals surface area contributed by atoms with Crippen molar-refractivity contribution in [3.05, 3.63) is 29.6 Å². The molecule has 1 atom stereocenters. The molecule has 1 unspecified atom stereocenters. The van der Waals surface area contributed by atoms with Crippen molar-refractivity contribution in [1.29, 1.82) is 0 Å². The number of thioether (sulfide) groups is 1. The molecule has 6 heteroatoms. The van der Waals surface area contributed by atoms with Crippen LogP contribution < -0.4 is 10.1 Å². The standard InChI is InChI=1S/C15H21FN2O2S/c1-3-18(15(19)13-10-21-7-6-17-13)9-11-4-5-14(20-2)12(16)8-11/h4-5,8,13,17H,3,6-7,9-10H2,1-2H3. The highest BCUT2D eigenvalue weighted by molar-refractivity contribution is 7.99. The summed E-state index contributed by atoms with van der Waals surface area (Å²) in [6.07, 6.45) is 0. The number of methoxy groups -OCH3 is 1. The Morgan fingerprint density at radius 3 is 2.95 bits per heavy atom. The van der Waals surface area contributed by atoms with Crippen molar-refractivity contribution in [3.63, 3.8) is 0 Å². The lowest BCUT2D eigenvalue weighted by molar-refractivity contribution is -0.133. The first-order valence-electron chi connectivity index (χ1n) is 7.08. The molecule has 1 N–H and O–H groups in total. The van der Waals surface area contributed by atoms with Gasteiger partial charge in [0.15, 0.2) is 11.6 Å². The second-order valence-electron chi connectivity index (χ2n) is 4.90. The van der Waals surface area contributed by atoms with Crippen LogP contribution >= 0.6 is 11.8 Å². The molecule has 1 saturated heterocycles. The molecule has 2 rings (SSSR count). The van der Waals surface area contributed by atoms with Gasteiger partial charge in [0.05, 0.1) is 13.2 Å². The number of nitrogens with zero attached hydrogens (tertiary/aromatic N) is 1. The van der Waals surface area contributed by atoms with Crippen molar-refractivity contribution in [3.8, 4) is 5.75 Å². The molecular weight excluding hydrogens is 291 g/mol. The van der Waals surface area contributed by atoms with Gasteiger partial charge in [-0.15, -0.1) is 0 Å². The summed E-state index contributed by atoms with van der Waals surface area (Å²) < 4.78 is 18.6. The quantitative estimate of drug-likeness (QED) is 0.901. The Bertz CT molecular complexity index is 493. The van der Waals surface area contributed by atoms with Gasteiger partial charge < -0.3 is 15.0 Å². The molecular formula is C15H21FN2O2S. The summed E-state index contributed by atoms with van der Waals surface area (Å²) in [5, 5.41) is 3.24. The van der Waals surface area contributed by atoms with Crippen LogP contribution in [-0.4, -0.2) is 48.6 Å². The van der Waals surface area contributed by atoms with E-state index in [0.29, 0.717) is 13.1 Å². The molecule has 1 amide bonds. The van der Waals surface area contributed by atoms with Crippen molar-refractivity contribution in [2.75, 3.05) is 31.7 Å². The monoisotopic (exact) mass is 312 g/mol. The Labute approximate surface area is 129 Å². The number of nitrogens with one attached hydrogen (secondary N) is 1. The lowest BCUT2D eigenvalue weighted by atomic mass is 10.1. The normalized spacial score (nSPS) is 18.3. The van der Waals surface area contributed by atoms with Crippen molar-refractivity contribution in [1.82, 2.24) is 10.2 Å². The molecule has 0 spiro atoms. The summed E-state index contributed by atoms with van der Waals surface area (Å²) in [7, 11) is 1.44. The van der Waals surface area contributed by atoms with Crippen LogP contribution in [0.1, 0.15) is 12.5 Å². The largest absolute Gasteiger partial charge is 0.494 e. The van der Waals surface area contributed by atoms with Crippen LogP contribution in [-0.2, 0) is 11.3 Å². The van der Waals surface area contributed by atoms with Crippen LogP contribution in [0.5, 0.6) is 5.75 Å². The van der Waals surface area contributed by atoms with Gasteiger partial charge in [0.25, 0.3) is 0 Å². The van der Waals surface area contributed by atoms with Crippen LogP contribution in [0.15, 0.2) is 18.2 Å². The van der Waals surface area contributed by atoms with Crippen LogP contribution in [0.3, 0.4) is 0 Å². The molecule has 1 heterocycles. The first-order valence-corrected chi connectivity index (χ1v) is 8.23. The maximum absolute atomic E-state index is 13.7. The van der Waals surface area contributed by atoms with E-state index in [-0.39, 0.29) is 17.7 Å². The number of carbonyl (C=O) groups is 1. The van der Waals surface area contributed by atoms with E-state index in [4.69, 9.17) is 4.74 Å². The fourth-order valence-corrected chi connectivity index (χ4v) is 3.24. The lowest BCUT2D eigenvalue weighted by Crippen LogP contribution is -2.50. The van der Waals surface area contributed by atoms with Gasteiger partial charge in [0.1, 0.15) is 0 Å². The zero-order valence-electron chi connectivity index (χ0n) is 12.4. The minimum absolute atomic E-state index is 0.0842. The summed E-state index contributed by atoms with van der Waals surface area (Å²) in [6.45, 7) is 3.82. The molecule has 0 saturated carbocycles. The highest BCUT2D eigenvalue weighted by Crippen LogP contribution is 2.19. The smallest absolute Gasteiger partial charge is 0.240 e. The van der Waals surface area contributed by atoms with Gasteiger partial charge >= 0.3 is 0 Å². The number of hydrogen-bond donors (Lipinski definition) is 1. The van der Waals surface area contributed by atoms with E-state index in [1.54, 1.807) is 28.8 Å². The highest BCUT2D eigenvalue weighted by atomic mass is 32.2. The van der Waals surface area contributed by atoms with E-state index >= 15 is 0 Å². The van der Waals surface area contributed by atoms with Gasteiger partial charge in [-0.3, -0.25) is 4.79 Å². The van der Waals surface area contributed by atoms with Crippen LogP contribution in [0.25, 0.3) is 0 Å². The summed E-state index contributed by atoms with van der Waals surface area (Å²) in [5.41, 5.74) is 0.770. The molecule has 4 nitrogen and oxygen atoms in total. The van der Waals surface area contributed by atoms with Crippen molar-refractivity contribution in [2.24, 2.45) is 0 Å². The summed E-state index contributed by atoms with van der Waals surface area (Å²) >= 11 is 1.79. The van der Waals surface area contributed by atoms with Gasteiger partial charge in [-0.05, 0) is 24.6 Å². The number of carbonyl (C=O) groups excluding carboxylic acids is 1. The second-order valence-corrected chi connectivity index (χ2v) is 6.05. The number of benzene rings is 1. The molecule has 0 aliphatic carbocycles. The number of ether oxygens (including phenoxy) is 1. The molecule has 1 aliphatic heterocycles. The molecule has 21 heavy (non-hydrogen) atoms. The number of rotatable bonds is 5. The fraction of sp³-hybridized carbons (Fsp3) is 0.533.